The van der Waals surface area contributed by atoms with E-state index in [0.717, 1.165) is 22.9 Å². The van der Waals surface area contributed by atoms with Gasteiger partial charge in [-0.15, -0.1) is 0 Å². The van der Waals surface area contributed by atoms with E-state index in [-0.39, 0.29) is 5.91 Å². The lowest BCUT2D eigenvalue weighted by molar-refractivity contribution is 0.0941. The molecule has 1 aliphatic rings. The molecule has 104 valence electrons. The first kappa shape index (κ1) is 13.7. The first-order valence-electron chi connectivity index (χ1n) is 6.53. The van der Waals surface area contributed by atoms with Gasteiger partial charge >= 0.3 is 0 Å². The highest BCUT2D eigenvalue weighted by Crippen LogP contribution is 2.37. The average molecular weight is 354 g/mol. The second-order valence-corrected chi connectivity index (χ2v) is 6.35. The second-order valence-electron chi connectivity index (χ2n) is 4.99. The Labute approximate surface area is 131 Å². The minimum Gasteiger partial charge on any atom is -0.347 e. The van der Waals surface area contributed by atoms with Gasteiger partial charge in [0.15, 0.2) is 0 Å². The zero-order valence-electron chi connectivity index (χ0n) is 10.8. The van der Waals surface area contributed by atoms with E-state index >= 15 is 0 Å². The molecular formula is C15H14BrClN2O. The summed E-state index contributed by atoms with van der Waals surface area (Å²) >= 11 is 9.43. The summed E-state index contributed by atoms with van der Waals surface area (Å²) in [5.41, 5.74) is 1.70. The Morgan fingerprint density at radius 3 is 2.90 bits per heavy atom. The van der Waals surface area contributed by atoms with E-state index in [2.05, 4.69) is 21.2 Å². The van der Waals surface area contributed by atoms with Gasteiger partial charge in [0, 0.05) is 23.3 Å². The lowest BCUT2D eigenvalue weighted by atomic mass is 10.2. The van der Waals surface area contributed by atoms with Gasteiger partial charge in [-0.2, -0.15) is 0 Å². The zero-order chi connectivity index (χ0) is 14.1. The molecule has 0 radical (unpaired) electrons. The number of carbonyl (C=O) groups is 1. The molecule has 0 spiro atoms. The monoisotopic (exact) mass is 352 g/mol. The lowest BCUT2D eigenvalue weighted by Gasteiger charge is -2.09. The van der Waals surface area contributed by atoms with Crippen molar-refractivity contribution in [1.82, 2.24) is 9.88 Å². The molecule has 0 atom stereocenters. The van der Waals surface area contributed by atoms with Crippen LogP contribution >= 0.6 is 27.5 Å². The second kappa shape index (κ2) is 5.62. The lowest BCUT2D eigenvalue weighted by Crippen LogP contribution is -2.25. The molecule has 0 bridgehead atoms. The van der Waals surface area contributed by atoms with Crippen LogP contribution in [0.5, 0.6) is 0 Å². The van der Waals surface area contributed by atoms with E-state index in [1.165, 1.54) is 0 Å². The van der Waals surface area contributed by atoms with Gasteiger partial charge in [-0.3, -0.25) is 4.79 Å². The van der Waals surface area contributed by atoms with Crippen LogP contribution in [-0.2, 0) is 6.54 Å². The van der Waals surface area contributed by atoms with Crippen molar-refractivity contribution in [3.8, 4) is 0 Å². The summed E-state index contributed by atoms with van der Waals surface area (Å²) in [6.45, 7) is 0.506. The molecule has 1 amide bonds. The third-order valence-electron chi connectivity index (χ3n) is 3.33. The third kappa shape index (κ3) is 3.07. The number of aromatic nitrogens is 1. The maximum atomic E-state index is 12.3. The van der Waals surface area contributed by atoms with Gasteiger partial charge < -0.3 is 9.88 Å². The predicted octanol–water partition coefficient (Wildman–Crippen LogP) is 4.17. The molecule has 0 saturated heterocycles. The van der Waals surface area contributed by atoms with Gasteiger partial charge in [0.1, 0.15) is 5.69 Å². The average Bonchev–Trinajstić information content (AvgIpc) is 3.19. The molecule has 2 aromatic rings. The molecule has 1 saturated carbocycles. The van der Waals surface area contributed by atoms with Crippen LogP contribution < -0.4 is 5.32 Å². The Morgan fingerprint density at radius 1 is 1.40 bits per heavy atom. The van der Waals surface area contributed by atoms with Crippen molar-refractivity contribution in [2.24, 2.45) is 0 Å². The highest BCUT2D eigenvalue weighted by Gasteiger charge is 2.27. The molecule has 20 heavy (non-hydrogen) atoms. The van der Waals surface area contributed by atoms with Gasteiger partial charge in [0.2, 0.25) is 0 Å². The normalized spacial score (nSPS) is 14.3. The summed E-state index contributed by atoms with van der Waals surface area (Å²) in [4.78, 5) is 12.3. The van der Waals surface area contributed by atoms with Crippen LogP contribution in [0, 0.1) is 0 Å². The van der Waals surface area contributed by atoms with Gasteiger partial charge in [-0.1, -0.05) is 39.7 Å². The van der Waals surface area contributed by atoms with Crippen LogP contribution in [0.3, 0.4) is 0 Å². The highest BCUT2D eigenvalue weighted by atomic mass is 79.9. The summed E-state index contributed by atoms with van der Waals surface area (Å²) in [5, 5.41) is 3.55. The Bertz CT molecular complexity index is 649. The maximum absolute atomic E-state index is 12.3. The standard InChI is InChI=1S/C15H14BrClN2O/c16-11-3-1-2-10(6-11)8-18-15(20)14-7-12(17)9-19(14)13-4-5-13/h1-3,6-7,9,13H,4-5,8H2,(H,18,20). The number of nitrogens with zero attached hydrogens (tertiary/aromatic N) is 1. The Kier molecular flexibility index (Phi) is 3.85. The molecule has 1 fully saturated rings. The zero-order valence-corrected chi connectivity index (χ0v) is 13.1. The quantitative estimate of drug-likeness (QED) is 0.879. The molecule has 5 heteroatoms. The van der Waals surface area contributed by atoms with Crippen LogP contribution in [0.2, 0.25) is 5.02 Å². The van der Waals surface area contributed by atoms with Crippen LogP contribution in [0.4, 0.5) is 0 Å². The molecular weight excluding hydrogens is 340 g/mol. The number of halogens is 2. The summed E-state index contributed by atoms with van der Waals surface area (Å²) in [6.07, 6.45) is 4.08. The summed E-state index contributed by atoms with van der Waals surface area (Å²) in [7, 11) is 0. The Balaban J connectivity index is 1.70. The molecule has 3 rings (SSSR count). The van der Waals surface area contributed by atoms with Gasteiger partial charge in [-0.25, -0.2) is 0 Å². The van der Waals surface area contributed by atoms with Crippen LogP contribution in [0.1, 0.15) is 34.9 Å². The number of hydrogen-bond acceptors (Lipinski definition) is 1. The number of benzene rings is 1. The number of carbonyl (C=O) groups excluding carboxylic acids is 1. The largest absolute Gasteiger partial charge is 0.347 e. The van der Waals surface area contributed by atoms with Crippen LogP contribution in [-0.4, -0.2) is 10.5 Å². The number of nitrogens with one attached hydrogen (secondary N) is 1. The molecule has 1 N–H and O–H groups in total. The van der Waals surface area contributed by atoms with Crippen molar-refractivity contribution in [1.29, 1.82) is 0 Å². The van der Waals surface area contributed by atoms with Gasteiger partial charge in [0.05, 0.1) is 5.02 Å². The fraction of sp³-hybridized carbons (Fsp3) is 0.267. The molecule has 0 aliphatic heterocycles. The Hall–Kier alpha value is -1.26. The summed E-state index contributed by atoms with van der Waals surface area (Å²) < 4.78 is 2.99. The molecule has 3 nitrogen and oxygen atoms in total. The number of rotatable bonds is 4. The molecule has 0 unspecified atom stereocenters. The number of amides is 1. The number of hydrogen-bond donors (Lipinski definition) is 1. The SMILES string of the molecule is O=C(NCc1cccc(Br)c1)c1cc(Cl)cn1C1CC1. The van der Waals surface area contributed by atoms with E-state index in [4.69, 9.17) is 11.6 Å². The fourth-order valence-corrected chi connectivity index (χ4v) is 2.86. The summed E-state index contributed by atoms with van der Waals surface area (Å²) in [5.74, 6) is -0.0798. The van der Waals surface area contributed by atoms with Crippen LogP contribution in [0.15, 0.2) is 41.0 Å². The van der Waals surface area contributed by atoms with Crippen molar-refractivity contribution in [2.45, 2.75) is 25.4 Å². The first-order valence-corrected chi connectivity index (χ1v) is 7.70. The van der Waals surface area contributed by atoms with Crippen molar-refractivity contribution in [3.63, 3.8) is 0 Å². The summed E-state index contributed by atoms with van der Waals surface area (Å²) in [6, 6.07) is 10.1. The highest BCUT2D eigenvalue weighted by molar-refractivity contribution is 9.10. The molecule has 1 aromatic carbocycles. The fourth-order valence-electron chi connectivity index (χ4n) is 2.20. The van der Waals surface area contributed by atoms with E-state index in [1.54, 1.807) is 6.07 Å². The van der Waals surface area contributed by atoms with E-state index in [1.807, 2.05) is 35.0 Å². The smallest absolute Gasteiger partial charge is 0.268 e. The van der Waals surface area contributed by atoms with Crippen molar-refractivity contribution >= 4 is 33.4 Å². The van der Waals surface area contributed by atoms with E-state index in [9.17, 15) is 4.79 Å². The van der Waals surface area contributed by atoms with Gasteiger partial charge in [-0.05, 0) is 36.6 Å². The Morgan fingerprint density at radius 2 is 2.20 bits per heavy atom. The maximum Gasteiger partial charge on any atom is 0.268 e. The minimum atomic E-state index is -0.0798. The molecule has 1 heterocycles. The third-order valence-corrected chi connectivity index (χ3v) is 4.03. The topological polar surface area (TPSA) is 34.0 Å². The predicted molar refractivity (Wildman–Crippen MR) is 83.0 cm³/mol. The van der Waals surface area contributed by atoms with Crippen LogP contribution in [0.25, 0.3) is 0 Å². The minimum absolute atomic E-state index is 0.0798. The van der Waals surface area contributed by atoms with Crippen molar-refractivity contribution < 1.29 is 4.79 Å². The van der Waals surface area contributed by atoms with Crippen molar-refractivity contribution in [2.75, 3.05) is 0 Å². The van der Waals surface area contributed by atoms with Gasteiger partial charge in [0.25, 0.3) is 5.91 Å². The van der Waals surface area contributed by atoms with E-state index < -0.39 is 0 Å². The molecule has 1 aromatic heterocycles. The van der Waals surface area contributed by atoms with E-state index in [0.29, 0.717) is 23.3 Å². The molecule has 1 aliphatic carbocycles. The van der Waals surface area contributed by atoms with Crippen molar-refractivity contribution in [3.05, 3.63) is 57.3 Å². The first-order chi connectivity index (χ1) is 9.63.